The summed E-state index contributed by atoms with van der Waals surface area (Å²) in [5.41, 5.74) is 2.90. The van der Waals surface area contributed by atoms with Gasteiger partial charge >= 0.3 is 0 Å². The van der Waals surface area contributed by atoms with E-state index in [0.29, 0.717) is 6.04 Å². The molecular formula is C13H20ClNO. The van der Waals surface area contributed by atoms with E-state index < -0.39 is 0 Å². The van der Waals surface area contributed by atoms with Crippen molar-refractivity contribution in [1.82, 2.24) is 4.90 Å². The minimum atomic E-state index is 0. The first-order valence-electron chi connectivity index (χ1n) is 5.68. The molecule has 1 atom stereocenters. The molecule has 0 aliphatic carbocycles. The van der Waals surface area contributed by atoms with E-state index in [1.54, 1.807) is 0 Å². The fourth-order valence-corrected chi connectivity index (χ4v) is 2.19. The van der Waals surface area contributed by atoms with Gasteiger partial charge in [0.2, 0.25) is 0 Å². The maximum atomic E-state index is 5.52. The highest BCUT2D eigenvalue weighted by atomic mass is 35.5. The van der Waals surface area contributed by atoms with E-state index in [2.05, 4.69) is 37.1 Å². The van der Waals surface area contributed by atoms with Crippen molar-refractivity contribution in [3.8, 4) is 5.75 Å². The quantitative estimate of drug-likeness (QED) is 0.789. The van der Waals surface area contributed by atoms with Gasteiger partial charge in [0.25, 0.3) is 0 Å². The predicted molar refractivity (Wildman–Crippen MR) is 69.6 cm³/mol. The Hall–Kier alpha value is -0.730. The van der Waals surface area contributed by atoms with Gasteiger partial charge in [0.1, 0.15) is 5.75 Å². The molecule has 0 fully saturated rings. The monoisotopic (exact) mass is 241 g/mol. The average Bonchev–Trinajstić information content (AvgIpc) is 2.24. The molecule has 0 saturated carbocycles. The van der Waals surface area contributed by atoms with E-state index in [1.807, 2.05) is 6.92 Å². The van der Waals surface area contributed by atoms with Crippen molar-refractivity contribution in [3.63, 3.8) is 0 Å². The van der Waals surface area contributed by atoms with Crippen LogP contribution in [0.15, 0.2) is 18.2 Å². The Balaban J connectivity index is 0.00000128. The first-order chi connectivity index (χ1) is 7.22. The van der Waals surface area contributed by atoms with Gasteiger partial charge in [0.15, 0.2) is 0 Å². The summed E-state index contributed by atoms with van der Waals surface area (Å²) in [6.45, 7) is 6.17. The van der Waals surface area contributed by atoms with Gasteiger partial charge in [-0.25, -0.2) is 0 Å². The van der Waals surface area contributed by atoms with Crippen molar-refractivity contribution in [2.24, 2.45) is 0 Å². The molecule has 1 heterocycles. The number of ether oxygens (including phenoxy) is 1. The second-order valence-electron chi connectivity index (χ2n) is 4.20. The number of fused-ring (bicyclic) bond motifs is 1. The van der Waals surface area contributed by atoms with Crippen LogP contribution < -0.4 is 4.74 Å². The molecule has 1 aliphatic heterocycles. The number of nitrogens with zero attached hydrogens (tertiary/aromatic N) is 1. The maximum Gasteiger partial charge on any atom is 0.119 e. The molecular weight excluding hydrogens is 222 g/mol. The Morgan fingerprint density at radius 1 is 1.44 bits per heavy atom. The van der Waals surface area contributed by atoms with Crippen molar-refractivity contribution in [2.75, 3.05) is 20.2 Å². The van der Waals surface area contributed by atoms with Gasteiger partial charge in [-0.1, -0.05) is 6.07 Å². The molecule has 0 N–H and O–H groups in total. The van der Waals surface area contributed by atoms with Crippen molar-refractivity contribution in [3.05, 3.63) is 29.3 Å². The van der Waals surface area contributed by atoms with Crippen LogP contribution in [0.3, 0.4) is 0 Å². The van der Waals surface area contributed by atoms with Crippen molar-refractivity contribution in [1.29, 1.82) is 0 Å². The zero-order valence-electron chi connectivity index (χ0n) is 10.2. The Morgan fingerprint density at radius 3 is 2.88 bits per heavy atom. The van der Waals surface area contributed by atoms with Crippen LogP contribution in [0.4, 0.5) is 0 Å². The van der Waals surface area contributed by atoms with E-state index in [-0.39, 0.29) is 12.4 Å². The molecule has 0 amide bonds. The van der Waals surface area contributed by atoms with Crippen molar-refractivity contribution in [2.45, 2.75) is 26.3 Å². The lowest BCUT2D eigenvalue weighted by atomic mass is 9.94. The molecule has 90 valence electrons. The van der Waals surface area contributed by atoms with Crippen LogP contribution in [-0.4, -0.2) is 25.1 Å². The molecule has 0 aromatic heterocycles. The van der Waals surface area contributed by atoms with E-state index in [9.17, 15) is 0 Å². The fraction of sp³-hybridized carbons (Fsp3) is 0.538. The first kappa shape index (κ1) is 13.3. The third-order valence-electron chi connectivity index (χ3n) is 3.27. The van der Waals surface area contributed by atoms with Crippen LogP contribution >= 0.6 is 12.4 Å². The summed E-state index contributed by atoms with van der Waals surface area (Å²) in [4.78, 5) is 2.39. The van der Waals surface area contributed by atoms with Crippen molar-refractivity contribution < 1.29 is 4.74 Å². The standard InChI is InChI=1S/C13H19NO.ClH/c1-4-15-12-5-6-13-10(2)14(3)8-7-11(13)9-12;/h5-6,9-10H,4,7-8H2,1-3H3;1H. The van der Waals surface area contributed by atoms with Crippen LogP contribution in [0, 0.1) is 0 Å². The summed E-state index contributed by atoms with van der Waals surface area (Å²) in [6, 6.07) is 7.02. The summed E-state index contributed by atoms with van der Waals surface area (Å²) in [6.07, 6.45) is 1.14. The van der Waals surface area contributed by atoms with Gasteiger partial charge in [-0.15, -0.1) is 12.4 Å². The van der Waals surface area contributed by atoms with Crippen LogP contribution in [-0.2, 0) is 6.42 Å². The average molecular weight is 242 g/mol. The number of rotatable bonds is 2. The Morgan fingerprint density at radius 2 is 2.19 bits per heavy atom. The first-order valence-corrected chi connectivity index (χ1v) is 5.68. The lowest BCUT2D eigenvalue weighted by molar-refractivity contribution is 0.246. The van der Waals surface area contributed by atoms with Gasteiger partial charge < -0.3 is 4.74 Å². The molecule has 2 rings (SSSR count). The number of hydrogen-bond donors (Lipinski definition) is 0. The SMILES string of the molecule is CCOc1ccc2c(c1)CCN(C)C2C.Cl. The fourth-order valence-electron chi connectivity index (χ4n) is 2.19. The molecule has 1 aromatic rings. The maximum absolute atomic E-state index is 5.52. The second kappa shape index (κ2) is 5.55. The molecule has 0 spiro atoms. The van der Waals surface area contributed by atoms with Gasteiger partial charge in [0.05, 0.1) is 6.61 Å². The van der Waals surface area contributed by atoms with Crippen LogP contribution in [0.1, 0.15) is 31.0 Å². The van der Waals surface area contributed by atoms with Crippen LogP contribution in [0.2, 0.25) is 0 Å². The molecule has 1 unspecified atom stereocenters. The number of hydrogen-bond acceptors (Lipinski definition) is 2. The molecule has 1 aliphatic rings. The smallest absolute Gasteiger partial charge is 0.119 e. The largest absolute Gasteiger partial charge is 0.494 e. The van der Waals surface area contributed by atoms with Gasteiger partial charge in [-0.2, -0.15) is 0 Å². The van der Waals surface area contributed by atoms with Crippen LogP contribution in [0.25, 0.3) is 0 Å². The summed E-state index contributed by atoms with van der Waals surface area (Å²) in [7, 11) is 2.18. The normalized spacial score (nSPS) is 19.8. The Labute approximate surface area is 104 Å². The summed E-state index contributed by atoms with van der Waals surface area (Å²) >= 11 is 0. The lowest BCUT2D eigenvalue weighted by Gasteiger charge is -2.32. The van der Waals surface area contributed by atoms with E-state index in [0.717, 1.165) is 25.3 Å². The second-order valence-corrected chi connectivity index (χ2v) is 4.20. The van der Waals surface area contributed by atoms with E-state index >= 15 is 0 Å². The summed E-state index contributed by atoms with van der Waals surface area (Å²) in [5, 5.41) is 0. The predicted octanol–water partition coefficient (Wildman–Crippen LogP) is 3.06. The highest BCUT2D eigenvalue weighted by Crippen LogP contribution is 2.30. The molecule has 3 heteroatoms. The molecule has 1 aromatic carbocycles. The van der Waals surface area contributed by atoms with Gasteiger partial charge in [-0.05, 0) is 50.6 Å². The summed E-state index contributed by atoms with van der Waals surface area (Å²) < 4.78 is 5.52. The molecule has 2 nitrogen and oxygen atoms in total. The van der Waals surface area contributed by atoms with E-state index in [1.165, 1.54) is 11.1 Å². The number of benzene rings is 1. The molecule has 0 saturated heterocycles. The molecule has 0 bridgehead atoms. The summed E-state index contributed by atoms with van der Waals surface area (Å²) in [5.74, 6) is 1.01. The van der Waals surface area contributed by atoms with E-state index in [4.69, 9.17) is 4.74 Å². The van der Waals surface area contributed by atoms with Crippen molar-refractivity contribution >= 4 is 12.4 Å². The highest BCUT2D eigenvalue weighted by Gasteiger charge is 2.20. The topological polar surface area (TPSA) is 12.5 Å². The van der Waals surface area contributed by atoms with Gasteiger partial charge in [-0.3, -0.25) is 4.90 Å². The number of halogens is 1. The highest BCUT2D eigenvalue weighted by molar-refractivity contribution is 5.85. The van der Waals surface area contributed by atoms with Crippen LogP contribution in [0.5, 0.6) is 5.75 Å². The molecule has 0 radical (unpaired) electrons. The minimum Gasteiger partial charge on any atom is -0.494 e. The van der Waals surface area contributed by atoms with Gasteiger partial charge in [0, 0.05) is 12.6 Å². The number of likely N-dealkylation sites (N-methyl/N-ethyl adjacent to an activating group) is 1. The minimum absolute atomic E-state index is 0. The zero-order chi connectivity index (χ0) is 10.8. The lowest BCUT2D eigenvalue weighted by Crippen LogP contribution is -2.30. The Kier molecular flexibility index (Phi) is 4.63. The zero-order valence-corrected chi connectivity index (χ0v) is 11.0. The Bertz CT molecular complexity index is 354. The third-order valence-corrected chi connectivity index (χ3v) is 3.27. The third kappa shape index (κ3) is 2.50. The molecule has 16 heavy (non-hydrogen) atoms.